The van der Waals surface area contributed by atoms with E-state index in [4.69, 9.17) is 0 Å². The molecule has 0 aliphatic carbocycles. The van der Waals surface area contributed by atoms with Gasteiger partial charge in [0.25, 0.3) is 0 Å². The third-order valence-electron chi connectivity index (χ3n) is 1.91. The fourth-order valence-electron chi connectivity index (χ4n) is 1.18. The summed E-state index contributed by atoms with van der Waals surface area (Å²) in [6.07, 6.45) is 4.83. The molecule has 0 saturated heterocycles. The maximum Gasteiger partial charge on any atom is 0.194 e. The molecular weight excluding hydrogens is 184 g/mol. The molecule has 0 radical (unpaired) electrons. The van der Waals surface area contributed by atoms with Gasteiger partial charge < -0.3 is 0 Å². The Bertz CT molecular complexity index is 424. The highest BCUT2D eigenvalue weighted by Gasteiger charge is 2.07. The van der Waals surface area contributed by atoms with Crippen molar-refractivity contribution in [1.82, 2.24) is 9.38 Å². The number of Topliss-reactive ketones (excluding diaryl/α,β-unsaturated/α-hetero) is 1. The molecule has 0 amide bonds. The number of nitrogens with zero attached hydrogens (tertiary/aromatic N) is 2. The number of ketones is 1. The molecule has 4 heteroatoms. The Morgan fingerprint density at radius 1 is 1.62 bits per heavy atom. The van der Waals surface area contributed by atoms with Crippen LogP contribution in [0.25, 0.3) is 4.96 Å². The highest BCUT2D eigenvalue weighted by atomic mass is 32.1. The van der Waals surface area contributed by atoms with Crippen molar-refractivity contribution >= 4 is 22.1 Å². The van der Waals surface area contributed by atoms with Gasteiger partial charge in [0.05, 0.1) is 0 Å². The number of hydrogen-bond donors (Lipinski definition) is 0. The minimum atomic E-state index is 0.0222. The van der Waals surface area contributed by atoms with Gasteiger partial charge in [-0.05, 0) is 6.42 Å². The smallest absolute Gasteiger partial charge is 0.194 e. The molecule has 0 aliphatic heterocycles. The summed E-state index contributed by atoms with van der Waals surface area (Å²) in [6.45, 7) is 3.64. The molecular formula is C9H10N2OS. The van der Waals surface area contributed by atoms with Crippen LogP contribution in [0.3, 0.4) is 0 Å². The zero-order valence-corrected chi connectivity index (χ0v) is 8.39. The van der Waals surface area contributed by atoms with E-state index in [1.165, 1.54) is 11.8 Å². The van der Waals surface area contributed by atoms with Crippen LogP contribution < -0.4 is 0 Å². The molecule has 0 spiro atoms. The number of carbonyl (C=O) groups is 1. The first-order valence-corrected chi connectivity index (χ1v) is 5.00. The van der Waals surface area contributed by atoms with E-state index in [1.807, 2.05) is 10.6 Å². The van der Waals surface area contributed by atoms with Gasteiger partial charge in [-0.25, -0.2) is 4.98 Å². The fourth-order valence-corrected chi connectivity index (χ4v) is 2.08. The Kier molecular flexibility index (Phi) is 1.92. The molecule has 0 fully saturated rings. The van der Waals surface area contributed by atoms with Crippen molar-refractivity contribution in [2.24, 2.45) is 0 Å². The zero-order chi connectivity index (χ0) is 9.42. The molecule has 0 aromatic carbocycles. The van der Waals surface area contributed by atoms with Crippen molar-refractivity contribution in [3.8, 4) is 0 Å². The number of imidazole rings is 1. The third-order valence-corrected chi connectivity index (χ3v) is 3.05. The first-order chi connectivity index (χ1) is 6.20. The molecule has 2 heterocycles. The summed E-state index contributed by atoms with van der Waals surface area (Å²) < 4.78 is 1.92. The highest BCUT2D eigenvalue weighted by molar-refractivity contribution is 7.17. The summed E-state index contributed by atoms with van der Waals surface area (Å²) in [5, 5.41) is 0. The van der Waals surface area contributed by atoms with Crippen LogP contribution in [0.5, 0.6) is 0 Å². The normalized spacial score (nSPS) is 10.9. The van der Waals surface area contributed by atoms with Crippen LogP contribution in [-0.2, 0) is 6.42 Å². The number of rotatable bonds is 2. The molecule has 68 valence electrons. The van der Waals surface area contributed by atoms with Crippen molar-refractivity contribution in [3.63, 3.8) is 0 Å². The summed E-state index contributed by atoms with van der Waals surface area (Å²) in [6, 6.07) is 0. The van der Waals surface area contributed by atoms with Gasteiger partial charge in [0.1, 0.15) is 5.69 Å². The maximum atomic E-state index is 11.0. The van der Waals surface area contributed by atoms with E-state index in [1.54, 1.807) is 17.5 Å². The van der Waals surface area contributed by atoms with E-state index in [2.05, 4.69) is 11.9 Å². The molecule has 2 aromatic rings. The third kappa shape index (κ3) is 1.37. The van der Waals surface area contributed by atoms with Gasteiger partial charge in [0.15, 0.2) is 10.7 Å². The van der Waals surface area contributed by atoms with Crippen LogP contribution in [0.2, 0.25) is 0 Å². The number of thiazole rings is 1. The minimum Gasteiger partial charge on any atom is -0.297 e. The highest BCUT2D eigenvalue weighted by Crippen LogP contribution is 2.18. The number of aryl methyl sites for hydroxylation is 1. The second kappa shape index (κ2) is 2.96. The summed E-state index contributed by atoms with van der Waals surface area (Å²) >= 11 is 1.64. The summed E-state index contributed by atoms with van der Waals surface area (Å²) in [5.74, 6) is 0.0222. The summed E-state index contributed by atoms with van der Waals surface area (Å²) in [5.41, 5.74) is 0.550. The SMILES string of the molecule is CCc1cn2cc(C(C)=O)nc2s1. The zero-order valence-electron chi connectivity index (χ0n) is 7.57. The predicted molar refractivity (Wildman–Crippen MR) is 52.5 cm³/mol. The first-order valence-electron chi connectivity index (χ1n) is 4.19. The van der Waals surface area contributed by atoms with Crippen LogP contribution in [0.15, 0.2) is 12.4 Å². The molecule has 0 unspecified atom stereocenters. The van der Waals surface area contributed by atoms with E-state index in [0.29, 0.717) is 5.69 Å². The van der Waals surface area contributed by atoms with E-state index in [-0.39, 0.29) is 5.78 Å². The summed E-state index contributed by atoms with van der Waals surface area (Å²) in [4.78, 5) is 17.4. The van der Waals surface area contributed by atoms with Crippen LogP contribution in [0, 0.1) is 0 Å². The van der Waals surface area contributed by atoms with E-state index in [9.17, 15) is 4.79 Å². The van der Waals surface area contributed by atoms with Crippen molar-refractivity contribution in [1.29, 1.82) is 0 Å². The van der Waals surface area contributed by atoms with Gasteiger partial charge in [-0.1, -0.05) is 6.92 Å². The van der Waals surface area contributed by atoms with Gasteiger partial charge in [-0.3, -0.25) is 9.20 Å². The largest absolute Gasteiger partial charge is 0.297 e. The van der Waals surface area contributed by atoms with E-state index >= 15 is 0 Å². The van der Waals surface area contributed by atoms with Gasteiger partial charge in [-0.15, -0.1) is 11.3 Å². The maximum absolute atomic E-state index is 11.0. The second-order valence-corrected chi connectivity index (χ2v) is 4.02. The Morgan fingerprint density at radius 2 is 2.38 bits per heavy atom. The lowest BCUT2D eigenvalue weighted by atomic mass is 10.3. The topological polar surface area (TPSA) is 34.4 Å². The monoisotopic (exact) mass is 194 g/mol. The Hall–Kier alpha value is -1.16. The lowest BCUT2D eigenvalue weighted by molar-refractivity contribution is 0.101. The van der Waals surface area contributed by atoms with Crippen LogP contribution >= 0.6 is 11.3 Å². The van der Waals surface area contributed by atoms with Crippen molar-refractivity contribution in [3.05, 3.63) is 23.0 Å². The van der Waals surface area contributed by atoms with Crippen molar-refractivity contribution in [2.45, 2.75) is 20.3 Å². The average molecular weight is 194 g/mol. The van der Waals surface area contributed by atoms with Gasteiger partial charge in [0, 0.05) is 24.2 Å². The van der Waals surface area contributed by atoms with Crippen LogP contribution in [0.4, 0.5) is 0 Å². The molecule has 0 aliphatic rings. The Balaban J connectivity index is 2.54. The Labute approximate surface area is 80.0 Å². The molecule has 2 rings (SSSR count). The number of fused-ring (bicyclic) bond motifs is 1. The molecule has 0 bridgehead atoms. The van der Waals surface area contributed by atoms with Crippen LogP contribution in [-0.4, -0.2) is 15.2 Å². The van der Waals surface area contributed by atoms with Gasteiger partial charge in [-0.2, -0.15) is 0 Å². The lowest BCUT2D eigenvalue weighted by Gasteiger charge is -1.83. The van der Waals surface area contributed by atoms with Crippen molar-refractivity contribution < 1.29 is 4.79 Å². The van der Waals surface area contributed by atoms with Crippen LogP contribution in [0.1, 0.15) is 29.2 Å². The molecule has 3 nitrogen and oxygen atoms in total. The van der Waals surface area contributed by atoms with Crippen molar-refractivity contribution in [2.75, 3.05) is 0 Å². The molecule has 0 atom stereocenters. The minimum absolute atomic E-state index is 0.0222. The van der Waals surface area contributed by atoms with E-state index in [0.717, 1.165) is 11.4 Å². The van der Waals surface area contributed by atoms with Gasteiger partial charge >= 0.3 is 0 Å². The fraction of sp³-hybridized carbons (Fsp3) is 0.333. The molecule has 0 saturated carbocycles. The molecule has 0 N–H and O–H groups in total. The Morgan fingerprint density at radius 3 is 2.92 bits per heavy atom. The summed E-state index contributed by atoms with van der Waals surface area (Å²) in [7, 11) is 0. The second-order valence-electron chi connectivity index (χ2n) is 2.92. The quantitative estimate of drug-likeness (QED) is 0.686. The molecule has 13 heavy (non-hydrogen) atoms. The molecule has 2 aromatic heterocycles. The van der Waals surface area contributed by atoms with Gasteiger partial charge in [0.2, 0.25) is 0 Å². The number of carbonyl (C=O) groups excluding carboxylic acids is 1. The standard InChI is InChI=1S/C9H10N2OS/c1-3-7-4-11-5-8(6(2)12)10-9(11)13-7/h4-5H,3H2,1-2H3. The van der Waals surface area contributed by atoms with E-state index < -0.39 is 0 Å². The lowest BCUT2D eigenvalue weighted by Crippen LogP contribution is -1.90. The number of aromatic nitrogens is 2. The number of hydrogen-bond acceptors (Lipinski definition) is 3. The first kappa shape index (κ1) is 8.44. The average Bonchev–Trinajstić information content (AvgIpc) is 2.58. The predicted octanol–water partition coefficient (Wildman–Crippen LogP) is 2.16.